The first kappa shape index (κ1) is 13.0. The molecule has 1 amide bonds. The molecule has 1 heterocycles. The molecular weight excluding hydrogens is 210 g/mol. The van der Waals surface area contributed by atoms with E-state index in [1.165, 1.54) is 18.9 Å². The van der Waals surface area contributed by atoms with Crippen molar-refractivity contribution < 1.29 is 19.1 Å². The first-order valence-electron chi connectivity index (χ1n) is 5.48. The molecule has 1 atom stereocenters. The molecule has 1 aliphatic heterocycles. The van der Waals surface area contributed by atoms with Crippen LogP contribution in [0.25, 0.3) is 0 Å². The highest BCUT2D eigenvalue weighted by molar-refractivity contribution is 5.86. The smallest absolute Gasteiger partial charge is 0.360 e. The van der Waals surface area contributed by atoms with E-state index in [1.807, 2.05) is 0 Å². The number of carbonyl (C=O) groups excluding carboxylic acids is 2. The number of methoxy groups -OCH3 is 1. The van der Waals surface area contributed by atoms with Crippen LogP contribution in [-0.4, -0.2) is 42.3 Å². The molecule has 0 aromatic carbocycles. The van der Waals surface area contributed by atoms with Gasteiger partial charge in [0, 0.05) is 27.0 Å². The van der Waals surface area contributed by atoms with Crippen molar-refractivity contribution in [3.63, 3.8) is 0 Å². The van der Waals surface area contributed by atoms with Gasteiger partial charge in [-0.1, -0.05) is 0 Å². The van der Waals surface area contributed by atoms with Crippen LogP contribution in [0, 0.1) is 0 Å². The quantitative estimate of drug-likeness (QED) is 0.675. The number of ether oxygens (including phenoxy) is 2. The van der Waals surface area contributed by atoms with Gasteiger partial charge in [-0.3, -0.25) is 4.79 Å². The summed E-state index contributed by atoms with van der Waals surface area (Å²) in [6.45, 7) is 5.51. The second-order valence-electron chi connectivity index (χ2n) is 4.22. The largest absolute Gasteiger partial charge is 0.459 e. The minimum atomic E-state index is -1.21. The molecule has 1 fully saturated rings. The Morgan fingerprint density at radius 3 is 2.44 bits per heavy atom. The lowest BCUT2D eigenvalue weighted by molar-refractivity contribution is -0.196. The molecule has 0 spiro atoms. The Balaban J connectivity index is 2.91. The number of nitrogens with zero attached hydrogens (tertiary/aromatic N) is 1. The van der Waals surface area contributed by atoms with Gasteiger partial charge in [-0.25, -0.2) is 4.79 Å². The molecule has 5 nitrogen and oxygen atoms in total. The van der Waals surface area contributed by atoms with Crippen molar-refractivity contribution in [3.8, 4) is 0 Å². The zero-order chi connectivity index (χ0) is 12.3. The van der Waals surface area contributed by atoms with Crippen LogP contribution >= 0.6 is 0 Å². The maximum atomic E-state index is 12.0. The van der Waals surface area contributed by atoms with Gasteiger partial charge in [0.25, 0.3) is 0 Å². The molecule has 0 aromatic heterocycles. The van der Waals surface area contributed by atoms with Crippen LogP contribution < -0.4 is 0 Å². The fourth-order valence-electron chi connectivity index (χ4n) is 2.02. The monoisotopic (exact) mass is 229 g/mol. The second-order valence-corrected chi connectivity index (χ2v) is 4.22. The molecule has 0 aliphatic carbocycles. The number of amides is 1. The Kier molecular flexibility index (Phi) is 3.91. The van der Waals surface area contributed by atoms with Gasteiger partial charge in [-0.05, 0) is 20.3 Å². The van der Waals surface area contributed by atoms with Crippen LogP contribution in [0.15, 0.2) is 0 Å². The summed E-state index contributed by atoms with van der Waals surface area (Å²) in [6, 6.07) is 0. The summed E-state index contributed by atoms with van der Waals surface area (Å²) in [5.41, 5.74) is -1.21. The average Bonchev–Trinajstić information content (AvgIpc) is 2.61. The predicted molar refractivity (Wildman–Crippen MR) is 57.6 cm³/mol. The molecule has 16 heavy (non-hydrogen) atoms. The van der Waals surface area contributed by atoms with E-state index >= 15 is 0 Å². The number of carbonyl (C=O) groups is 2. The average molecular weight is 229 g/mol. The Labute approximate surface area is 95.7 Å². The van der Waals surface area contributed by atoms with Gasteiger partial charge in [0.15, 0.2) is 0 Å². The Morgan fingerprint density at radius 2 is 2.00 bits per heavy atom. The normalized spacial score (nSPS) is 24.9. The molecule has 1 saturated heterocycles. The summed E-state index contributed by atoms with van der Waals surface area (Å²) in [7, 11) is 1.43. The summed E-state index contributed by atoms with van der Waals surface area (Å²) >= 11 is 0. The van der Waals surface area contributed by atoms with E-state index in [4.69, 9.17) is 9.47 Å². The standard InChI is InChI=1S/C11H19NO4/c1-8(2)16-10(14)11(15-4)6-5-7-12(11)9(3)13/h8H,5-7H2,1-4H3/t11-/m1/s1. The zero-order valence-electron chi connectivity index (χ0n) is 10.3. The van der Waals surface area contributed by atoms with E-state index < -0.39 is 11.7 Å². The highest BCUT2D eigenvalue weighted by Crippen LogP contribution is 2.31. The summed E-state index contributed by atoms with van der Waals surface area (Å²) in [5.74, 6) is -0.641. The van der Waals surface area contributed by atoms with Gasteiger partial charge in [0.1, 0.15) is 0 Å². The van der Waals surface area contributed by atoms with Gasteiger partial charge in [-0.2, -0.15) is 0 Å². The Morgan fingerprint density at radius 1 is 1.38 bits per heavy atom. The third kappa shape index (κ3) is 2.19. The summed E-state index contributed by atoms with van der Waals surface area (Å²) in [6.07, 6.45) is 1.03. The minimum absolute atomic E-state index is 0.167. The van der Waals surface area contributed by atoms with E-state index in [-0.39, 0.29) is 12.0 Å². The third-order valence-electron chi connectivity index (χ3n) is 2.71. The van der Waals surface area contributed by atoms with Crippen molar-refractivity contribution in [1.29, 1.82) is 0 Å². The van der Waals surface area contributed by atoms with Crippen LogP contribution in [0.1, 0.15) is 33.6 Å². The Bertz CT molecular complexity index is 290. The zero-order valence-corrected chi connectivity index (χ0v) is 10.3. The second kappa shape index (κ2) is 4.82. The van der Waals surface area contributed by atoms with Gasteiger partial charge in [0.05, 0.1) is 6.10 Å². The van der Waals surface area contributed by atoms with Crippen LogP contribution in [0.2, 0.25) is 0 Å². The first-order valence-corrected chi connectivity index (χ1v) is 5.48. The molecule has 0 unspecified atom stereocenters. The molecule has 5 heteroatoms. The van der Waals surface area contributed by atoms with Crippen LogP contribution in [0.4, 0.5) is 0 Å². The molecule has 0 bridgehead atoms. The number of esters is 1. The molecule has 1 aliphatic rings. The molecule has 0 aromatic rings. The van der Waals surface area contributed by atoms with Gasteiger partial charge in [-0.15, -0.1) is 0 Å². The number of rotatable bonds is 3. The van der Waals surface area contributed by atoms with Crippen molar-refractivity contribution in [1.82, 2.24) is 4.90 Å². The number of likely N-dealkylation sites (tertiary alicyclic amines) is 1. The van der Waals surface area contributed by atoms with E-state index in [1.54, 1.807) is 13.8 Å². The van der Waals surface area contributed by atoms with Gasteiger partial charge < -0.3 is 14.4 Å². The minimum Gasteiger partial charge on any atom is -0.459 e. The van der Waals surface area contributed by atoms with Crippen molar-refractivity contribution in [2.24, 2.45) is 0 Å². The molecule has 0 radical (unpaired) electrons. The highest BCUT2D eigenvalue weighted by atomic mass is 16.6. The number of hydrogen-bond acceptors (Lipinski definition) is 4. The van der Waals surface area contributed by atoms with E-state index in [0.717, 1.165) is 6.42 Å². The maximum absolute atomic E-state index is 12.0. The maximum Gasteiger partial charge on any atom is 0.360 e. The fraction of sp³-hybridized carbons (Fsp3) is 0.818. The highest BCUT2D eigenvalue weighted by Gasteiger charge is 2.51. The fourth-order valence-corrected chi connectivity index (χ4v) is 2.02. The lowest BCUT2D eigenvalue weighted by Gasteiger charge is -2.34. The number of hydrogen-bond donors (Lipinski definition) is 0. The van der Waals surface area contributed by atoms with E-state index in [2.05, 4.69) is 0 Å². The Hall–Kier alpha value is -1.10. The predicted octanol–water partition coefficient (Wildman–Crippen LogP) is 0.923. The summed E-state index contributed by atoms with van der Waals surface area (Å²) in [5, 5.41) is 0. The summed E-state index contributed by atoms with van der Waals surface area (Å²) < 4.78 is 10.4. The van der Waals surface area contributed by atoms with E-state index in [0.29, 0.717) is 13.0 Å². The lowest BCUT2D eigenvalue weighted by Crippen LogP contribution is -2.55. The SMILES string of the molecule is CO[C@@]1(C(=O)OC(C)C)CCCN1C(C)=O. The van der Waals surface area contributed by atoms with E-state index in [9.17, 15) is 9.59 Å². The molecule has 0 saturated carbocycles. The van der Waals surface area contributed by atoms with Crippen molar-refractivity contribution in [3.05, 3.63) is 0 Å². The molecule has 0 N–H and O–H groups in total. The van der Waals surface area contributed by atoms with Crippen molar-refractivity contribution in [2.75, 3.05) is 13.7 Å². The van der Waals surface area contributed by atoms with Crippen LogP contribution in [0.5, 0.6) is 0 Å². The lowest BCUT2D eigenvalue weighted by atomic mass is 10.1. The molecular formula is C11H19NO4. The van der Waals surface area contributed by atoms with Gasteiger partial charge in [0.2, 0.25) is 11.6 Å². The third-order valence-corrected chi connectivity index (χ3v) is 2.71. The van der Waals surface area contributed by atoms with Crippen LogP contribution in [0.3, 0.4) is 0 Å². The molecule has 92 valence electrons. The topological polar surface area (TPSA) is 55.8 Å². The van der Waals surface area contributed by atoms with Crippen LogP contribution in [-0.2, 0) is 19.1 Å². The molecule has 1 rings (SSSR count). The summed E-state index contributed by atoms with van der Waals surface area (Å²) in [4.78, 5) is 24.9. The van der Waals surface area contributed by atoms with Gasteiger partial charge >= 0.3 is 5.97 Å². The van der Waals surface area contributed by atoms with Crippen molar-refractivity contribution in [2.45, 2.75) is 45.4 Å². The first-order chi connectivity index (χ1) is 7.44. The van der Waals surface area contributed by atoms with Crippen molar-refractivity contribution >= 4 is 11.9 Å².